The van der Waals surface area contributed by atoms with Gasteiger partial charge in [0.25, 0.3) is 5.91 Å². The number of hydrogen-bond donors (Lipinski definition) is 1. The molecule has 0 aliphatic heterocycles. The van der Waals surface area contributed by atoms with Crippen LogP contribution in [0.15, 0.2) is 53.9 Å². The van der Waals surface area contributed by atoms with Crippen molar-refractivity contribution in [3.05, 3.63) is 71.0 Å². The van der Waals surface area contributed by atoms with Crippen LogP contribution < -0.4 is 5.32 Å². The van der Waals surface area contributed by atoms with Crippen molar-refractivity contribution in [3.63, 3.8) is 0 Å². The van der Waals surface area contributed by atoms with E-state index in [0.717, 1.165) is 10.6 Å². The van der Waals surface area contributed by atoms with Crippen LogP contribution in [-0.4, -0.2) is 10.9 Å². The molecule has 22 heavy (non-hydrogen) atoms. The largest absolute Gasteiger partial charge is 0.320 e. The zero-order valence-electron chi connectivity index (χ0n) is 11.8. The van der Waals surface area contributed by atoms with Gasteiger partial charge in [0.2, 0.25) is 0 Å². The third kappa shape index (κ3) is 3.04. The van der Waals surface area contributed by atoms with Crippen LogP contribution in [0.5, 0.6) is 0 Å². The summed E-state index contributed by atoms with van der Waals surface area (Å²) in [5.41, 5.74) is 2.59. The molecule has 0 atom stereocenters. The maximum absolute atomic E-state index is 13.1. The Morgan fingerprint density at radius 1 is 1.18 bits per heavy atom. The number of aromatic nitrogens is 1. The van der Waals surface area contributed by atoms with Crippen molar-refractivity contribution < 1.29 is 9.18 Å². The van der Waals surface area contributed by atoms with Crippen LogP contribution in [0.25, 0.3) is 10.6 Å². The van der Waals surface area contributed by atoms with Gasteiger partial charge in [0.1, 0.15) is 16.5 Å². The number of hydrogen-bond acceptors (Lipinski definition) is 3. The first kappa shape index (κ1) is 14.4. The lowest BCUT2D eigenvalue weighted by Crippen LogP contribution is -2.13. The maximum Gasteiger partial charge on any atom is 0.275 e. The van der Waals surface area contributed by atoms with Crippen molar-refractivity contribution in [2.75, 3.05) is 5.32 Å². The highest BCUT2D eigenvalue weighted by atomic mass is 32.1. The van der Waals surface area contributed by atoms with Crippen LogP contribution in [-0.2, 0) is 0 Å². The predicted molar refractivity (Wildman–Crippen MR) is 86.6 cm³/mol. The van der Waals surface area contributed by atoms with Crippen molar-refractivity contribution in [2.45, 2.75) is 6.92 Å². The van der Waals surface area contributed by atoms with E-state index in [0.29, 0.717) is 16.9 Å². The van der Waals surface area contributed by atoms with Gasteiger partial charge in [-0.3, -0.25) is 4.79 Å². The van der Waals surface area contributed by atoms with Gasteiger partial charge in [-0.05, 0) is 30.7 Å². The van der Waals surface area contributed by atoms with Crippen LogP contribution in [0, 0.1) is 12.7 Å². The summed E-state index contributed by atoms with van der Waals surface area (Å²) in [5, 5.41) is 5.27. The molecular weight excluding hydrogens is 299 g/mol. The molecule has 0 bridgehead atoms. The molecular formula is C17H13FN2OS. The quantitative estimate of drug-likeness (QED) is 0.773. The number of thiazole rings is 1. The van der Waals surface area contributed by atoms with E-state index in [9.17, 15) is 9.18 Å². The summed E-state index contributed by atoms with van der Waals surface area (Å²) in [6.45, 7) is 1.75. The number of rotatable bonds is 3. The Labute approximate surface area is 131 Å². The molecule has 1 N–H and O–H groups in total. The molecule has 0 spiro atoms. The molecule has 3 nitrogen and oxygen atoms in total. The highest BCUT2D eigenvalue weighted by Crippen LogP contribution is 2.24. The lowest BCUT2D eigenvalue weighted by Gasteiger charge is -2.06. The number of amides is 1. The molecule has 1 heterocycles. The van der Waals surface area contributed by atoms with Gasteiger partial charge in [-0.25, -0.2) is 9.37 Å². The van der Waals surface area contributed by atoms with Crippen LogP contribution >= 0.6 is 11.3 Å². The number of anilines is 1. The molecule has 0 fully saturated rings. The van der Waals surface area contributed by atoms with Crippen molar-refractivity contribution in [1.29, 1.82) is 0 Å². The highest BCUT2D eigenvalue weighted by Gasteiger charge is 2.13. The minimum atomic E-state index is -0.324. The topological polar surface area (TPSA) is 42.0 Å². The number of nitrogens with one attached hydrogen (secondary N) is 1. The minimum absolute atomic E-state index is 0.298. The predicted octanol–water partition coefficient (Wildman–Crippen LogP) is 4.51. The monoisotopic (exact) mass is 312 g/mol. The second kappa shape index (κ2) is 6.07. The number of carbonyl (C=O) groups is 1. The second-order valence-corrected chi connectivity index (χ2v) is 5.68. The van der Waals surface area contributed by atoms with Gasteiger partial charge in [-0.1, -0.05) is 30.3 Å². The number of benzene rings is 2. The first-order chi connectivity index (χ1) is 10.6. The van der Waals surface area contributed by atoms with E-state index in [2.05, 4.69) is 10.3 Å². The molecule has 0 saturated heterocycles. The van der Waals surface area contributed by atoms with Crippen LogP contribution in [0.1, 0.15) is 16.1 Å². The maximum atomic E-state index is 13.1. The summed E-state index contributed by atoms with van der Waals surface area (Å²) in [6, 6.07) is 13.9. The van der Waals surface area contributed by atoms with E-state index in [1.54, 1.807) is 18.4 Å². The Morgan fingerprint density at radius 2 is 1.95 bits per heavy atom. The van der Waals surface area contributed by atoms with E-state index in [1.165, 1.54) is 23.5 Å². The molecule has 0 saturated carbocycles. The average Bonchev–Trinajstić information content (AvgIpc) is 3.01. The van der Waals surface area contributed by atoms with E-state index in [-0.39, 0.29) is 11.7 Å². The molecule has 110 valence electrons. The van der Waals surface area contributed by atoms with Gasteiger partial charge in [-0.15, -0.1) is 11.3 Å². The smallest absolute Gasteiger partial charge is 0.275 e. The summed E-state index contributed by atoms with van der Waals surface area (Å²) in [6.07, 6.45) is 0. The fraction of sp³-hybridized carbons (Fsp3) is 0.0588. The lowest BCUT2D eigenvalue weighted by atomic mass is 10.2. The summed E-state index contributed by atoms with van der Waals surface area (Å²) in [4.78, 5) is 16.6. The lowest BCUT2D eigenvalue weighted by molar-refractivity contribution is 0.102. The first-order valence-electron chi connectivity index (χ1n) is 6.72. The van der Waals surface area contributed by atoms with E-state index < -0.39 is 0 Å². The van der Waals surface area contributed by atoms with E-state index >= 15 is 0 Å². The fourth-order valence-corrected chi connectivity index (χ4v) is 2.85. The number of carbonyl (C=O) groups excluding carboxylic acids is 1. The second-order valence-electron chi connectivity index (χ2n) is 4.82. The molecule has 5 heteroatoms. The summed E-state index contributed by atoms with van der Waals surface area (Å²) in [5.74, 6) is -0.622. The number of aryl methyl sites for hydroxylation is 1. The van der Waals surface area contributed by atoms with E-state index in [4.69, 9.17) is 0 Å². The Balaban J connectivity index is 1.80. The highest BCUT2D eigenvalue weighted by molar-refractivity contribution is 7.13. The van der Waals surface area contributed by atoms with Crippen molar-refractivity contribution in [2.24, 2.45) is 0 Å². The van der Waals surface area contributed by atoms with Crippen molar-refractivity contribution >= 4 is 22.9 Å². The zero-order valence-corrected chi connectivity index (χ0v) is 12.7. The van der Waals surface area contributed by atoms with Gasteiger partial charge in [0.05, 0.1) is 0 Å². The molecule has 2 aromatic carbocycles. The number of nitrogens with zero attached hydrogens (tertiary/aromatic N) is 1. The third-order valence-corrected chi connectivity index (χ3v) is 4.09. The molecule has 0 aliphatic carbocycles. The van der Waals surface area contributed by atoms with Gasteiger partial charge in [0, 0.05) is 16.6 Å². The SMILES string of the molecule is Cc1cc(F)ccc1NC(=O)c1csc(-c2ccccc2)n1. The Kier molecular flexibility index (Phi) is 3.98. The van der Waals surface area contributed by atoms with Crippen LogP contribution in [0.4, 0.5) is 10.1 Å². The third-order valence-electron chi connectivity index (χ3n) is 3.19. The Bertz CT molecular complexity index is 815. The standard InChI is InChI=1S/C17H13FN2OS/c1-11-9-13(18)7-8-14(11)19-16(21)15-10-22-17(20-15)12-5-3-2-4-6-12/h2-10H,1H3,(H,19,21). The van der Waals surface area contributed by atoms with Crippen molar-refractivity contribution in [3.8, 4) is 10.6 Å². The van der Waals surface area contributed by atoms with Gasteiger partial charge in [0.15, 0.2) is 0 Å². The van der Waals surface area contributed by atoms with E-state index in [1.807, 2.05) is 30.3 Å². The summed E-state index contributed by atoms with van der Waals surface area (Å²) < 4.78 is 13.1. The first-order valence-corrected chi connectivity index (χ1v) is 7.60. The molecule has 0 radical (unpaired) electrons. The van der Waals surface area contributed by atoms with Gasteiger partial charge in [-0.2, -0.15) is 0 Å². The fourth-order valence-electron chi connectivity index (χ4n) is 2.05. The molecule has 1 amide bonds. The molecule has 3 rings (SSSR count). The zero-order chi connectivity index (χ0) is 15.5. The number of halogens is 1. The van der Waals surface area contributed by atoms with Crippen molar-refractivity contribution in [1.82, 2.24) is 4.98 Å². The van der Waals surface area contributed by atoms with Gasteiger partial charge < -0.3 is 5.32 Å². The average molecular weight is 312 g/mol. The molecule has 0 unspecified atom stereocenters. The normalized spacial score (nSPS) is 10.5. The summed E-state index contributed by atoms with van der Waals surface area (Å²) in [7, 11) is 0. The van der Waals surface area contributed by atoms with Gasteiger partial charge >= 0.3 is 0 Å². The molecule has 1 aromatic heterocycles. The Morgan fingerprint density at radius 3 is 2.68 bits per heavy atom. The van der Waals surface area contributed by atoms with Crippen LogP contribution in [0.3, 0.4) is 0 Å². The van der Waals surface area contributed by atoms with Crippen LogP contribution in [0.2, 0.25) is 0 Å². The summed E-state index contributed by atoms with van der Waals surface area (Å²) >= 11 is 1.42. The molecule has 0 aliphatic rings. The minimum Gasteiger partial charge on any atom is -0.320 e. The Hall–Kier alpha value is -2.53. The molecule has 3 aromatic rings.